The second-order valence-electron chi connectivity index (χ2n) is 3.54. The van der Waals surface area contributed by atoms with Crippen molar-refractivity contribution in [2.24, 2.45) is 0 Å². The highest BCUT2D eigenvalue weighted by atomic mass is 32.2. The van der Waals surface area contributed by atoms with Gasteiger partial charge in [0.15, 0.2) is 0 Å². The Kier molecular flexibility index (Phi) is 4.31. The van der Waals surface area contributed by atoms with Crippen LogP contribution in [0.3, 0.4) is 0 Å². The van der Waals surface area contributed by atoms with E-state index >= 15 is 0 Å². The zero-order valence-electron chi connectivity index (χ0n) is 8.77. The van der Waals surface area contributed by atoms with Crippen molar-refractivity contribution in [1.82, 2.24) is 9.21 Å². The summed E-state index contributed by atoms with van der Waals surface area (Å²) >= 11 is 0. The van der Waals surface area contributed by atoms with E-state index in [1.54, 1.807) is 7.05 Å². The van der Waals surface area contributed by atoms with E-state index in [0.29, 0.717) is 6.54 Å². The van der Waals surface area contributed by atoms with Gasteiger partial charge in [0.1, 0.15) is 0 Å². The molecule has 0 radical (unpaired) electrons. The molecule has 0 amide bonds. The van der Waals surface area contributed by atoms with Crippen molar-refractivity contribution in [3.05, 3.63) is 0 Å². The van der Waals surface area contributed by atoms with Crippen LogP contribution in [0.4, 0.5) is 0 Å². The van der Waals surface area contributed by atoms with Crippen LogP contribution >= 0.6 is 0 Å². The van der Waals surface area contributed by atoms with Crippen LogP contribution in [0, 0.1) is 0 Å². The molecular formula is C8H18N2O3S. The summed E-state index contributed by atoms with van der Waals surface area (Å²) in [4.78, 5) is 2.21. The first-order valence-corrected chi connectivity index (χ1v) is 6.56. The van der Waals surface area contributed by atoms with Gasteiger partial charge in [-0.2, -0.15) is 0 Å². The molecule has 1 aliphatic heterocycles. The molecule has 0 unspecified atom stereocenters. The molecule has 14 heavy (non-hydrogen) atoms. The third kappa shape index (κ3) is 3.91. The molecule has 6 heteroatoms. The predicted octanol–water partition coefficient (Wildman–Crippen LogP) is -0.790. The molecule has 1 heterocycles. The molecular weight excluding hydrogens is 204 g/mol. The molecule has 0 aromatic rings. The number of morpholine rings is 1. The van der Waals surface area contributed by atoms with Crippen LogP contribution in [0.2, 0.25) is 0 Å². The Bertz CT molecular complexity index is 260. The molecule has 0 bridgehead atoms. The normalized spacial score (nSPS) is 20.2. The number of nitrogens with zero attached hydrogens (tertiary/aromatic N) is 2. The topological polar surface area (TPSA) is 49.9 Å². The molecule has 5 nitrogen and oxygen atoms in total. The van der Waals surface area contributed by atoms with Gasteiger partial charge in [0, 0.05) is 33.2 Å². The third-order valence-electron chi connectivity index (χ3n) is 2.40. The van der Waals surface area contributed by atoms with Crippen LogP contribution in [0.25, 0.3) is 0 Å². The van der Waals surface area contributed by atoms with Gasteiger partial charge in [-0.05, 0) is 0 Å². The number of hydrogen-bond donors (Lipinski definition) is 0. The minimum Gasteiger partial charge on any atom is -0.379 e. The van der Waals surface area contributed by atoms with Crippen molar-refractivity contribution in [1.29, 1.82) is 0 Å². The van der Waals surface area contributed by atoms with Crippen molar-refractivity contribution in [2.75, 3.05) is 52.7 Å². The minimum atomic E-state index is -3.03. The number of ether oxygens (including phenoxy) is 1. The summed E-state index contributed by atoms with van der Waals surface area (Å²) in [6, 6.07) is 0. The molecule has 1 rings (SSSR count). The quantitative estimate of drug-likeness (QED) is 0.625. The number of sulfonamides is 1. The fourth-order valence-corrected chi connectivity index (χ4v) is 1.69. The van der Waals surface area contributed by atoms with Crippen LogP contribution in [-0.4, -0.2) is 70.3 Å². The number of rotatable bonds is 4. The molecule has 1 aliphatic rings. The molecule has 84 valence electrons. The second-order valence-corrected chi connectivity index (χ2v) is 5.63. The maximum Gasteiger partial charge on any atom is 0.210 e. The standard InChI is InChI=1S/C8H18N2O3S/c1-9(14(2,11)12)3-4-10-5-7-13-8-6-10/h3-8H2,1-2H3. The van der Waals surface area contributed by atoms with Gasteiger partial charge in [0.2, 0.25) is 10.0 Å². The SMILES string of the molecule is CN(CCN1CCOCC1)S(C)(=O)=O. The predicted molar refractivity (Wildman–Crippen MR) is 54.7 cm³/mol. The largest absolute Gasteiger partial charge is 0.379 e. The van der Waals surface area contributed by atoms with Crippen molar-refractivity contribution in [2.45, 2.75) is 0 Å². The molecule has 1 fully saturated rings. The van der Waals surface area contributed by atoms with E-state index in [9.17, 15) is 8.42 Å². The zero-order chi connectivity index (χ0) is 10.6. The minimum absolute atomic E-state index is 0.554. The van der Waals surface area contributed by atoms with E-state index in [1.165, 1.54) is 10.6 Å². The molecule has 0 atom stereocenters. The molecule has 1 saturated heterocycles. The molecule has 0 saturated carbocycles. The maximum absolute atomic E-state index is 11.1. The van der Waals surface area contributed by atoms with Gasteiger partial charge in [0.25, 0.3) is 0 Å². The molecule has 0 aromatic carbocycles. The van der Waals surface area contributed by atoms with Crippen molar-refractivity contribution < 1.29 is 13.2 Å². The Morgan fingerprint density at radius 2 is 1.93 bits per heavy atom. The van der Waals surface area contributed by atoms with E-state index in [1.807, 2.05) is 0 Å². The van der Waals surface area contributed by atoms with Crippen LogP contribution in [-0.2, 0) is 14.8 Å². The average molecular weight is 222 g/mol. The Hall–Kier alpha value is -0.170. The summed E-state index contributed by atoms with van der Waals surface area (Å²) < 4.78 is 28.8. The lowest BCUT2D eigenvalue weighted by Gasteiger charge is -2.27. The molecule has 0 spiro atoms. The lowest BCUT2D eigenvalue weighted by atomic mass is 10.4. The van der Waals surface area contributed by atoms with E-state index in [-0.39, 0.29) is 0 Å². The summed E-state index contributed by atoms with van der Waals surface area (Å²) in [5.41, 5.74) is 0. The highest BCUT2D eigenvalue weighted by Gasteiger charge is 2.14. The summed E-state index contributed by atoms with van der Waals surface area (Å²) in [7, 11) is -1.42. The van der Waals surface area contributed by atoms with E-state index in [0.717, 1.165) is 32.8 Å². The Morgan fingerprint density at radius 1 is 1.36 bits per heavy atom. The number of hydrogen-bond acceptors (Lipinski definition) is 4. The maximum atomic E-state index is 11.1. The number of likely N-dealkylation sites (N-methyl/N-ethyl adjacent to an activating group) is 1. The van der Waals surface area contributed by atoms with E-state index in [2.05, 4.69) is 4.90 Å². The van der Waals surface area contributed by atoms with Gasteiger partial charge >= 0.3 is 0 Å². The van der Waals surface area contributed by atoms with Gasteiger partial charge < -0.3 is 4.74 Å². The van der Waals surface area contributed by atoms with Crippen LogP contribution in [0.1, 0.15) is 0 Å². The van der Waals surface area contributed by atoms with E-state index in [4.69, 9.17) is 4.74 Å². The molecule has 0 aliphatic carbocycles. The summed E-state index contributed by atoms with van der Waals surface area (Å²) in [6.07, 6.45) is 1.23. The van der Waals surface area contributed by atoms with Crippen LogP contribution < -0.4 is 0 Å². The van der Waals surface area contributed by atoms with Crippen LogP contribution in [0.15, 0.2) is 0 Å². The van der Waals surface area contributed by atoms with Gasteiger partial charge in [0.05, 0.1) is 19.5 Å². The zero-order valence-corrected chi connectivity index (χ0v) is 9.59. The van der Waals surface area contributed by atoms with Crippen molar-refractivity contribution in [3.63, 3.8) is 0 Å². The van der Waals surface area contributed by atoms with Crippen LogP contribution in [0.5, 0.6) is 0 Å². The first-order valence-electron chi connectivity index (χ1n) is 4.71. The van der Waals surface area contributed by atoms with E-state index < -0.39 is 10.0 Å². The Balaban J connectivity index is 2.25. The average Bonchev–Trinajstić information content (AvgIpc) is 2.14. The Morgan fingerprint density at radius 3 is 2.43 bits per heavy atom. The second kappa shape index (κ2) is 5.06. The smallest absolute Gasteiger partial charge is 0.210 e. The molecule has 0 N–H and O–H groups in total. The highest BCUT2D eigenvalue weighted by molar-refractivity contribution is 7.88. The lowest BCUT2D eigenvalue weighted by Crippen LogP contribution is -2.41. The van der Waals surface area contributed by atoms with Gasteiger partial charge in [-0.25, -0.2) is 12.7 Å². The van der Waals surface area contributed by atoms with Crippen molar-refractivity contribution >= 4 is 10.0 Å². The summed E-state index contributed by atoms with van der Waals surface area (Å²) in [5, 5.41) is 0. The highest BCUT2D eigenvalue weighted by Crippen LogP contribution is 1.98. The van der Waals surface area contributed by atoms with Gasteiger partial charge in [-0.15, -0.1) is 0 Å². The first-order chi connectivity index (χ1) is 6.50. The monoisotopic (exact) mass is 222 g/mol. The molecule has 0 aromatic heterocycles. The van der Waals surface area contributed by atoms with Gasteiger partial charge in [-0.3, -0.25) is 4.90 Å². The fourth-order valence-electron chi connectivity index (χ4n) is 1.27. The lowest BCUT2D eigenvalue weighted by molar-refractivity contribution is 0.0368. The first kappa shape index (κ1) is 11.9. The fraction of sp³-hybridized carbons (Fsp3) is 1.00. The summed E-state index contributed by atoms with van der Waals surface area (Å²) in [6.45, 7) is 4.64. The Labute approximate surface area is 85.7 Å². The summed E-state index contributed by atoms with van der Waals surface area (Å²) in [5.74, 6) is 0. The van der Waals surface area contributed by atoms with Crippen molar-refractivity contribution in [3.8, 4) is 0 Å². The van der Waals surface area contributed by atoms with Gasteiger partial charge in [-0.1, -0.05) is 0 Å². The third-order valence-corrected chi connectivity index (χ3v) is 3.72.